The van der Waals surface area contributed by atoms with Crippen LogP contribution in [0.5, 0.6) is 0 Å². The summed E-state index contributed by atoms with van der Waals surface area (Å²) in [5.41, 5.74) is 15.7. The predicted octanol–water partition coefficient (Wildman–Crippen LogP) is 18.3. The third-order valence-electron chi connectivity index (χ3n) is 15.4. The van der Waals surface area contributed by atoms with Gasteiger partial charge in [-0.25, -0.2) is 9.97 Å². The lowest BCUT2D eigenvalue weighted by Crippen LogP contribution is -2.06. The van der Waals surface area contributed by atoms with E-state index in [0.29, 0.717) is 35.2 Å². The van der Waals surface area contributed by atoms with E-state index in [1.165, 1.54) is 65.7 Å². The second kappa shape index (κ2) is 22.1. The number of rotatable bonds is 7. The largest absolute Gasteiger partial charge is 0.309 e. The van der Waals surface area contributed by atoms with Crippen molar-refractivity contribution in [3.05, 3.63) is 296 Å². The number of fused-ring (bicyclic) bond motifs is 9. The first kappa shape index (κ1) is 51.0. The molecule has 0 bridgehead atoms. The van der Waals surface area contributed by atoms with E-state index in [-0.39, 0.29) is 0 Å². The minimum atomic E-state index is 0.618. The predicted molar refractivity (Wildman–Crippen MR) is 345 cm³/mol. The highest BCUT2D eigenvalue weighted by Gasteiger charge is 2.20. The second-order valence-electron chi connectivity index (χ2n) is 20.9. The van der Waals surface area contributed by atoms with Crippen molar-refractivity contribution >= 4 is 65.4 Å². The molecule has 0 saturated carbocycles. The van der Waals surface area contributed by atoms with Crippen LogP contribution in [0.1, 0.15) is 16.7 Å². The molecule has 0 unspecified atom stereocenters. The van der Waals surface area contributed by atoms with Gasteiger partial charge in [0, 0.05) is 60.3 Å². The van der Waals surface area contributed by atoms with Crippen LogP contribution in [0.25, 0.3) is 129 Å². The first-order valence-electron chi connectivity index (χ1n) is 28.2. The van der Waals surface area contributed by atoms with Crippen molar-refractivity contribution < 1.29 is 0 Å². The maximum atomic E-state index is 4.94. The standard InChI is InChI=1S/2C28H20N4.C19H15N/c1-19-16-17-25-23(18-19)22-14-8-9-15-24(22)32(25)28-30-26(20-10-4-2-5-11-20)29-27(31-28)21-12-6-3-7-13-21;1-19-16-17-23-22-14-8-9-15-24(22)32(25(23)18-19)28-30-26(20-10-4-2-5-11-20)29-27(31-28)21-12-6-3-7-13-21;1-14-8-7-13-18-19(14)16-11-5-6-12-17(16)20(18)15-9-3-2-4-10-15/h2*2-18H,1H3;2-13H,1H3. The van der Waals surface area contributed by atoms with Gasteiger partial charge >= 0.3 is 0 Å². The highest BCUT2D eigenvalue weighted by Crippen LogP contribution is 2.36. The zero-order chi connectivity index (χ0) is 56.5. The van der Waals surface area contributed by atoms with Crippen molar-refractivity contribution in [3.8, 4) is 63.1 Å². The fraction of sp³-hybridized carbons (Fsp3) is 0.0400. The second-order valence-corrected chi connectivity index (χ2v) is 20.9. The van der Waals surface area contributed by atoms with E-state index in [2.05, 4.69) is 192 Å². The molecule has 5 heterocycles. The van der Waals surface area contributed by atoms with Crippen LogP contribution in [0.15, 0.2) is 279 Å². The van der Waals surface area contributed by atoms with E-state index in [4.69, 9.17) is 29.9 Å². The summed E-state index contributed by atoms with van der Waals surface area (Å²) < 4.78 is 6.64. The van der Waals surface area contributed by atoms with Gasteiger partial charge in [0.15, 0.2) is 23.3 Å². The Kier molecular flexibility index (Phi) is 13.4. The number of nitrogens with zero attached hydrogens (tertiary/aromatic N) is 9. The average molecular weight is 1080 g/mol. The summed E-state index contributed by atoms with van der Waals surface area (Å²) in [5, 5.41) is 7.44. The molecule has 16 rings (SSSR count). The lowest BCUT2D eigenvalue weighted by molar-refractivity contribution is 0.953. The monoisotopic (exact) mass is 1080 g/mol. The summed E-state index contributed by atoms with van der Waals surface area (Å²) in [5.74, 6) is 3.88. The molecule has 16 aromatic rings. The molecule has 0 amide bonds. The fourth-order valence-electron chi connectivity index (χ4n) is 11.4. The summed E-state index contributed by atoms with van der Waals surface area (Å²) in [6, 6.07) is 95.9. The van der Waals surface area contributed by atoms with Gasteiger partial charge < -0.3 is 4.57 Å². The van der Waals surface area contributed by atoms with E-state index < -0.39 is 0 Å². The zero-order valence-corrected chi connectivity index (χ0v) is 46.6. The smallest absolute Gasteiger partial charge is 0.238 e. The van der Waals surface area contributed by atoms with Crippen LogP contribution in [0.2, 0.25) is 0 Å². The maximum absolute atomic E-state index is 4.94. The summed E-state index contributed by atoms with van der Waals surface area (Å²) >= 11 is 0. The van der Waals surface area contributed by atoms with E-state index in [1.54, 1.807) is 0 Å². The molecule has 11 aromatic carbocycles. The van der Waals surface area contributed by atoms with Gasteiger partial charge in [0.25, 0.3) is 0 Å². The van der Waals surface area contributed by atoms with Crippen LogP contribution in [0.4, 0.5) is 0 Å². The van der Waals surface area contributed by atoms with Gasteiger partial charge in [-0.2, -0.15) is 19.9 Å². The highest BCUT2D eigenvalue weighted by atomic mass is 15.2. The Labute approximate surface area is 486 Å². The molecule has 0 radical (unpaired) electrons. The topological polar surface area (TPSA) is 92.1 Å². The van der Waals surface area contributed by atoms with Crippen molar-refractivity contribution in [2.24, 2.45) is 0 Å². The van der Waals surface area contributed by atoms with E-state index in [0.717, 1.165) is 44.3 Å². The molecule has 0 saturated heterocycles. The zero-order valence-electron chi connectivity index (χ0n) is 46.6. The summed E-state index contributed by atoms with van der Waals surface area (Å²) in [6.07, 6.45) is 0. The van der Waals surface area contributed by atoms with Crippen molar-refractivity contribution in [1.82, 2.24) is 43.6 Å². The number of benzene rings is 11. The first-order valence-corrected chi connectivity index (χ1v) is 28.2. The number of aryl methyl sites for hydroxylation is 3. The molecule has 400 valence electrons. The van der Waals surface area contributed by atoms with Crippen molar-refractivity contribution in [3.63, 3.8) is 0 Å². The quantitative estimate of drug-likeness (QED) is 0.158. The molecule has 84 heavy (non-hydrogen) atoms. The molecule has 0 aliphatic rings. The van der Waals surface area contributed by atoms with E-state index >= 15 is 0 Å². The minimum absolute atomic E-state index is 0.618. The van der Waals surface area contributed by atoms with Crippen molar-refractivity contribution in [1.29, 1.82) is 0 Å². The number of para-hydroxylation sites is 4. The van der Waals surface area contributed by atoms with Crippen molar-refractivity contribution in [2.45, 2.75) is 20.8 Å². The Hall–Kier alpha value is -11.2. The van der Waals surface area contributed by atoms with Crippen LogP contribution >= 0.6 is 0 Å². The average Bonchev–Trinajstić information content (AvgIpc) is 2.64. The molecule has 9 heteroatoms. The molecule has 0 aliphatic heterocycles. The van der Waals surface area contributed by atoms with Gasteiger partial charge in [-0.1, -0.05) is 230 Å². The lowest BCUT2D eigenvalue weighted by atomic mass is 10.1. The molecular formula is C75H55N9. The van der Waals surface area contributed by atoms with Gasteiger partial charge in [0.2, 0.25) is 11.9 Å². The van der Waals surface area contributed by atoms with Crippen LogP contribution in [-0.4, -0.2) is 43.6 Å². The molecule has 0 fully saturated rings. The molecule has 5 aromatic heterocycles. The van der Waals surface area contributed by atoms with Crippen LogP contribution in [-0.2, 0) is 0 Å². The third kappa shape index (κ3) is 9.59. The van der Waals surface area contributed by atoms with Gasteiger partial charge in [-0.15, -0.1) is 0 Å². The summed E-state index contributed by atoms with van der Waals surface area (Å²) in [7, 11) is 0. The van der Waals surface area contributed by atoms with Gasteiger partial charge in [-0.3, -0.25) is 9.13 Å². The first-order chi connectivity index (χ1) is 41.4. The van der Waals surface area contributed by atoms with Crippen LogP contribution in [0, 0.1) is 20.8 Å². The van der Waals surface area contributed by atoms with Gasteiger partial charge in [-0.05, 0) is 86.5 Å². The molecule has 0 atom stereocenters. The summed E-state index contributed by atoms with van der Waals surface area (Å²) in [6.45, 7) is 6.42. The minimum Gasteiger partial charge on any atom is -0.309 e. The fourth-order valence-corrected chi connectivity index (χ4v) is 11.4. The van der Waals surface area contributed by atoms with E-state index in [9.17, 15) is 0 Å². The molecule has 0 aliphatic carbocycles. The Morgan fingerprint density at radius 1 is 0.238 bits per heavy atom. The van der Waals surface area contributed by atoms with Gasteiger partial charge in [0.05, 0.1) is 33.1 Å². The Bertz CT molecular complexity index is 4910. The maximum Gasteiger partial charge on any atom is 0.238 e. The van der Waals surface area contributed by atoms with Crippen LogP contribution in [0.3, 0.4) is 0 Å². The summed E-state index contributed by atoms with van der Waals surface area (Å²) in [4.78, 5) is 29.4. The highest BCUT2D eigenvalue weighted by molar-refractivity contribution is 6.12. The normalized spacial score (nSPS) is 11.3. The number of hydrogen-bond acceptors (Lipinski definition) is 6. The number of hydrogen-bond donors (Lipinski definition) is 0. The molecule has 0 N–H and O–H groups in total. The Balaban J connectivity index is 0.000000115. The lowest BCUT2D eigenvalue weighted by Gasteiger charge is -2.11. The van der Waals surface area contributed by atoms with Gasteiger partial charge in [0.1, 0.15) is 0 Å². The van der Waals surface area contributed by atoms with Crippen LogP contribution < -0.4 is 0 Å². The molecular weight excluding hydrogens is 1030 g/mol. The molecule has 0 spiro atoms. The Morgan fingerprint density at radius 3 is 1.10 bits per heavy atom. The van der Waals surface area contributed by atoms with E-state index in [1.807, 2.05) is 121 Å². The molecule has 9 nitrogen and oxygen atoms in total. The van der Waals surface area contributed by atoms with Crippen molar-refractivity contribution in [2.75, 3.05) is 0 Å². The third-order valence-corrected chi connectivity index (χ3v) is 15.4. The number of aromatic nitrogens is 9. The Morgan fingerprint density at radius 2 is 0.595 bits per heavy atom. The SMILES string of the molecule is Cc1ccc2c(c1)c1ccccc1n2-c1nc(-c2ccccc2)nc(-c2ccccc2)n1.Cc1ccc2c3ccccc3n(-c3nc(-c4ccccc4)nc(-c4ccccc4)n3)c2c1.Cc1cccc2c1c1ccccc1n2-c1ccccc1.